The summed E-state index contributed by atoms with van der Waals surface area (Å²) in [4.78, 5) is 4.34. The van der Waals surface area contributed by atoms with Gasteiger partial charge in [0.25, 0.3) is 0 Å². The summed E-state index contributed by atoms with van der Waals surface area (Å²) in [6.07, 6.45) is 3.82. The molecule has 0 saturated heterocycles. The Hall–Kier alpha value is -1.34. The minimum absolute atomic E-state index is 0.422. The van der Waals surface area contributed by atoms with E-state index in [9.17, 15) is 0 Å². The number of aryl methyl sites for hydroxylation is 1. The molecule has 2 heterocycles. The molecule has 2 N–H and O–H groups in total. The van der Waals surface area contributed by atoms with Crippen molar-refractivity contribution >= 4 is 11.8 Å². The molecule has 0 radical (unpaired) electrons. The van der Waals surface area contributed by atoms with E-state index in [4.69, 9.17) is 5.73 Å². The van der Waals surface area contributed by atoms with Gasteiger partial charge >= 0.3 is 0 Å². The number of aromatic nitrogens is 5. The summed E-state index contributed by atoms with van der Waals surface area (Å²) in [5.74, 6) is 2.69. The van der Waals surface area contributed by atoms with Crippen LogP contribution >= 0.6 is 11.8 Å². The molecule has 0 amide bonds. The van der Waals surface area contributed by atoms with Crippen LogP contribution in [0.25, 0.3) is 0 Å². The molecular weight excluding hydrogens is 248 g/mol. The topological polar surface area (TPSA) is 74.6 Å². The summed E-state index contributed by atoms with van der Waals surface area (Å²) in [6, 6.07) is 0. The summed E-state index contributed by atoms with van der Waals surface area (Å²) in [6.45, 7) is 6.37. The first-order chi connectivity index (χ1) is 8.80. The summed E-state index contributed by atoms with van der Waals surface area (Å²) in [7, 11) is 0. The SMILES string of the molecule is CCn1ccnc1CSc1nnc(CN)n1CC. The second kappa shape index (κ2) is 6.01. The summed E-state index contributed by atoms with van der Waals surface area (Å²) in [5.41, 5.74) is 5.63. The minimum atomic E-state index is 0.422. The Morgan fingerprint density at radius 1 is 1.22 bits per heavy atom. The van der Waals surface area contributed by atoms with Gasteiger partial charge in [0, 0.05) is 25.5 Å². The maximum atomic E-state index is 5.63. The molecule has 2 rings (SSSR count). The van der Waals surface area contributed by atoms with Crippen LogP contribution in [-0.4, -0.2) is 24.3 Å². The van der Waals surface area contributed by atoms with Gasteiger partial charge in [-0.05, 0) is 13.8 Å². The van der Waals surface area contributed by atoms with Gasteiger partial charge in [-0.15, -0.1) is 10.2 Å². The highest BCUT2D eigenvalue weighted by molar-refractivity contribution is 7.98. The van der Waals surface area contributed by atoms with E-state index in [2.05, 4.69) is 33.6 Å². The molecule has 7 heteroatoms. The number of imidazole rings is 1. The molecule has 0 aliphatic heterocycles. The second-order valence-electron chi connectivity index (χ2n) is 3.77. The molecule has 0 aliphatic carbocycles. The molecule has 0 spiro atoms. The smallest absolute Gasteiger partial charge is 0.191 e. The molecule has 0 aliphatic rings. The maximum absolute atomic E-state index is 5.63. The van der Waals surface area contributed by atoms with Crippen molar-refractivity contribution < 1.29 is 0 Å². The summed E-state index contributed by atoms with van der Waals surface area (Å²) < 4.78 is 4.17. The van der Waals surface area contributed by atoms with E-state index in [0.29, 0.717) is 6.54 Å². The van der Waals surface area contributed by atoms with Gasteiger partial charge in [0.1, 0.15) is 11.6 Å². The molecule has 0 bridgehead atoms. The fourth-order valence-corrected chi connectivity index (χ4v) is 2.78. The normalized spacial score (nSPS) is 11.1. The monoisotopic (exact) mass is 266 g/mol. The van der Waals surface area contributed by atoms with Gasteiger partial charge in [0.05, 0.1) is 12.3 Å². The van der Waals surface area contributed by atoms with Crippen LogP contribution in [-0.2, 0) is 25.4 Å². The molecule has 98 valence electrons. The number of thioether (sulfide) groups is 1. The van der Waals surface area contributed by atoms with E-state index in [0.717, 1.165) is 35.6 Å². The quantitative estimate of drug-likeness (QED) is 0.797. The van der Waals surface area contributed by atoms with Crippen LogP contribution in [0.1, 0.15) is 25.5 Å². The van der Waals surface area contributed by atoms with Crippen molar-refractivity contribution in [2.75, 3.05) is 0 Å². The van der Waals surface area contributed by atoms with Crippen molar-refractivity contribution in [1.82, 2.24) is 24.3 Å². The van der Waals surface area contributed by atoms with E-state index >= 15 is 0 Å². The minimum Gasteiger partial charge on any atom is -0.335 e. The number of hydrogen-bond acceptors (Lipinski definition) is 5. The standard InChI is InChI=1S/C11H18N6S/c1-3-16-6-5-13-10(16)8-18-11-15-14-9(7-12)17(11)4-2/h5-6H,3-4,7-8,12H2,1-2H3. The van der Waals surface area contributed by atoms with Gasteiger partial charge in [-0.25, -0.2) is 4.98 Å². The van der Waals surface area contributed by atoms with Gasteiger partial charge in [-0.1, -0.05) is 11.8 Å². The fraction of sp³-hybridized carbons (Fsp3) is 0.545. The van der Waals surface area contributed by atoms with Crippen molar-refractivity contribution in [3.05, 3.63) is 24.0 Å². The molecular formula is C11H18N6S. The second-order valence-corrected chi connectivity index (χ2v) is 4.71. The first-order valence-electron chi connectivity index (χ1n) is 6.05. The van der Waals surface area contributed by atoms with Crippen LogP contribution in [0.2, 0.25) is 0 Å². The number of nitrogens with zero attached hydrogens (tertiary/aromatic N) is 5. The maximum Gasteiger partial charge on any atom is 0.191 e. The zero-order valence-electron chi connectivity index (χ0n) is 10.7. The lowest BCUT2D eigenvalue weighted by molar-refractivity contribution is 0.642. The van der Waals surface area contributed by atoms with Crippen molar-refractivity contribution in [2.45, 2.75) is 44.4 Å². The lowest BCUT2D eigenvalue weighted by Gasteiger charge is -2.06. The predicted octanol–water partition coefficient (Wildman–Crippen LogP) is 1.27. The lowest BCUT2D eigenvalue weighted by Crippen LogP contribution is -2.08. The van der Waals surface area contributed by atoms with Crippen LogP contribution in [0.5, 0.6) is 0 Å². The average Bonchev–Trinajstić information content (AvgIpc) is 3.01. The molecule has 0 fully saturated rings. The predicted molar refractivity (Wildman–Crippen MR) is 71.0 cm³/mol. The molecule has 0 saturated carbocycles. The van der Waals surface area contributed by atoms with E-state index in [-0.39, 0.29) is 0 Å². The van der Waals surface area contributed by atoms with Crippen molar-refractivity contribution in [2.24, 2.45) is 5.73 Å². The molecule has 2 aromatic heterocycles. The molecule has 0 unspecified atom stereocenters. The zero-order valence-corrected chi connectivity index (χ0v) is 11.5. The Morgan fingerprint density at radius 2 is 2.06 bits per heavy atom. The van der Waals surface area contributed by atoms with Crippen LogP contribution in [0.4, 0.5) is 0 Å². The highest BCUT2D eigenvalue weighted by Gasteiger charge is 2.11. The first-order valence-corrected chi connectivity index (χ1v) is 7.03. The van der Waals surface area contributed by atoms with Gasteiger partial charge in [-0.3, -0.25) is 0 Å². The molecule has 0 aromatic carbocycles. The zero-order chi connectivity index (χ0) is 13.0. The van der Waals surface area contributed by atoms with Crippen LogP contribution in [0.3, 0.4) is 0 Å². The Bertz CT molecular complexity index is 503. The van der Waals surface area contributed by atoms with E-state index < -0.39 is 0 Å². The third kappa shape index (κ3) is 2.56. The van der Waals surface area contributed by atoms with Crippen molar-refractivity contribution in [1.29, 1.82) is 0 Å². The summed E-state index contributed by atoms with van der Waals surface area (Å²) >= 11 is 1.65. The highest BCUT2D eigenvalue weighted by Crippen LogP contribution is 2.21. The Morgan fingerprint density at radius 3 is 2.72 bits per heavy atom. The first kappa shape index (κ1) is 13.1. The number of rotatable bonds is 6. The van der Waals surface area contributed by atoms with E-state index in [1.165, 1.54) is 0 Å². The van der Waals surface area contributed by atoms with E-state index in [1.54, 1.807) is 11.8 Å². The largest absolute Gasteiger partial charge is 0.335 e. The van der Waals surface area contributed by atoms with Gasteiger partial charge < -0.3 is 14.9 Å². The van der Waals surface area contributed by atoms with Gasteiger partial charge in [-0.2, -0.15) is 0 Å². The Balaban J connectivity index is 2.08. The molecule has 2 aromatic rings. The van der Waals surface area contributed by atoms with E-state index in [1.807, 2.05) is 17.0 Å². The molecule has 18 heavy (non-hydrogen) atoms. The van der Waals surface area contributed by atoms with Crippen molar-refractivity contribution in [3.8, 4) is 0 Å². The number of hydrogen-bond donors (Lipinski definition) is 1. The third-order valence-corrected chi connectivity index (χ3v) is 3.73. The van der Waals surface area contributed by atoms with Gasteiger partial charge in [0.2, 0.25) is 0 Å². The lowest BCUT2D eigenvalue weighted by atomic mass is 10.6. The average molecular weight is 266 g/mol. The van der Waals surface area contributed by atoms with Crippen LogP contribution in [0, 0.1) is 0 Å². The van der Waals surface area contributed by atoms with Crippen molar-refractivity contribution in [3.63, 3.8) is 0 Å². The third-order valence-electron chi connectivity index (χ3n) is 2.77. The molecule has 0 atom stereocenters. The highest BCUT2D eigenvalue weighted by atomic mass is 32.2. The number of nitrogens with two attached hydrogens (primary N) is 1. The Labute approximate surface area is 111 Å². The Kier molecular flexibility index (Phi) is 4.38. The summed E-state index contributed by atoms with van der Waals surface area (Å²) in [5, 5.41) is 9.17. The van der Waals surface area contributed by atoms with Gasteiger partial charge in [0.15, 0.2) is 5.16 Å². The fourth-order valence-electron chi connectivity index (χ4n) is 1.79. The van der Waals surface area contributed by atoms with Crippen LogP contribution in [0.15, 0.2) is 17.6 Å². The molecule has 6 nitrogen and oxygen atoms in total. The van der Waals surface area contributed by atoms with Crippen LogP contribution < -0.4 is 5.73 Å².